The van der Waals surface area contributed by atoms with Crippen LogP contribution in [0.2, 0.25) is 0 Å². The minimum Gasteiger partial charge on any atom is -0.480 e. The van der Waals surface area contributed by atoms with Gasteiger partial charge in [-0.25, -0.2) is 0 Å². The molecule has 0 saturated heterocycles. The zero-order chi connectivity index (χ0) is 15.0. The van der Waals surface area contributed by atoms with Crippen LogP contribution in [0.3, 0.4) is 0 Å². The highest BCUT2D eigenvalue weighted by Crippen LogP contribution is 2.01. The number of carbonyl (C=O) groups is 2. The SMILES string of the molecule is CC[C@@H](C)NC(=O)C[C@H](NCc1ccccc1)C(=O)O. The second-order valence-electron chi connectivity index (χ2n) is 4.84. The van der Waals surface area contributed by atoms with Crippen LogP contribution in [0.5, 0.6) is 0 Å². The lowest BCUT2D eigenvalue weighted by atomic mass is 10.1. The molecule has 0 aliphatic heterocycles. The van der Waals surface area contributed by atoms with Crippen LogP contribution >= 0.6 is 0 Å². The monoisotopic (exact) mass is 278 g/mol. The molecule has 1 aromatic rings. The highest BCUT2D eigenvalue weighted by molar-refractivity contribution is 5.84. The van der Waals surface area contributed by atoms with Crippen molar-refractivity contribution in [3.8, 4) is 0 Å². The van der Waals surface area contributed by atoms with Gasteiger partial charge in [0, 0.05) is 12.6 Å². The van der Waals surface area contributed by atoms with Gasteiger partial charge in [0.25, 0.3) is 0 Å². The maximum Gasteiger partial charge on any atom is 0.321 e. The van der Waals surface area contributed by atoms with Gasteiger partial charge >= 0.3 is 5.97 Å². The minimum atomic E-state index is -1.01. The number of hydrogen-bond acceptors (Lipinski definition) is 3. The summed E-state index contributed by atoms with van der Waals surface area (Å²) in [4.78, 5) is 22.9. The van der Waals surface area contributed by atoms with E-state index in [0.717, 1.165) is 12.0 Å². The van der Waals surface area contributed by atoms with Crippen molar-refractivity contribution in [3.05, 3.63) is 35.9 Å². The van der Waals surface area contributed by atoms with Gasteiger partial charge in [0.2, 0.25) is 5.91 Å². The lowest BCUT2D eigenvalue weighted by Gasteiger charge is -2.16. The Morgan fingerprint density at radius 2 is 1.90 bits per heavy atom. The second-order valence-corrected chi connectivity index (χ2v) is 4.84. The number of nitrogens with one attached hydrogen (secondary N) is 2. The van der Waals surface area contributed by atoms with E-state index < -0.39 is 12.0 Å². The highest BCUT2D eigenvalue weighted by Gasteiger charge is 2.21. The summed E-state index contributed by atoms with van der Waals surface area (Å²) in [5.74, 6) is -1.26. The highest BCUT2D eigenvalue weighted by atomic mass is 16.4. The maximum atomic E-state index is 11.7. The molecule has 5 nitrogen and oxygen atoms in total. The summed E-state index contributed by atoms with van der Waals surface area (Å²) >= 11 is 0. The van der Waals surface area contributed by atoms with Crippen molar-refractivity contribution in [2.24, 2.45) is 0 Å². The van der Waals surface area contributed by atoms with Gasteiger partial charge in [-0.15, -0.1) is 0 Å². The lowest BCUT2D eigenvalue weighted by Crippen LogP contribution is -2.42. The fraction of sp³-hybridized carbons (Fsp3) is 0.467. The summed E-state index contributed by atoms with van der Waals surface area (Å²) in [6.45, 7) is 4.28. The standard InChI is InChI=1S/C15H22N2O3/c1-3-11(2)17-14(18)9-13(15(19)20)16-10-12-7-5-4-6-8-12/h4-8,11,13,16H,3,9-10H2,1-2H3,(H,17,18)(H,19,20)/t11-,13+/m1/s1. The number of carboxylic acid groups (broad SMARTS) is 1. The van der Waals surface area contributed by atoms with E-state index in [4.69, 9.17) is 5.11 Å². The van der Waals surface area contributed by atoms with E-state index in [0.29, 0.717) is 6.54 Å². The van der Waals surface area contributed by atoms with Crippen molar-refractivity contribution in [1.82, 2.24) is 10.6 Å². The van der Waals surface area contributed by atoms with Gasteiger partial charge in [0.05, 0.1) is 6.42 Å². The van der Waals surface area contributed by atoms with Gasteiger partial charge in [-0.3, -0.25) is 14.9 Å². The third-order valence-corrected chi connectivity index (χ3v) is 3.10. The van der Waals surface area contributed by atoms with Gasteiger partial charge in [0.1, 0.15) is 6.04 Å². The molecule has 1 rings (SSSR count). The summed E-state index contributed by atoms with van der Waals surface area (Å²) in [5.41, 5.74) is 0.987. The summed E-state index contributed by atoms with van der Waals surface area (Å²) in [6.07, 6.45) is 0.757. The topological polar surface area (TPSA) is 78.4 Å². The van der Waals surface area contributed by atoms with Crippen LogP contribution in [0.4, 0.5) is 0 Å². The number of amides is 1. The fourth-order valence-corrected chi connectivity index (χ4v) is 1.70. The molecular weight excluding hydrogens is 256 g/mol. The number of rotatable bonds is 8. The Morgan fingerprint density at radius 3 is 2.45 bits per heavy atom. The van der Waals surface area contributed by atoms with Crippen LogP contribution in [0.1, 0.15) is 32.3 Å². The van der Waals surface area contributed by atoms with Crippen LogP contribution in [0, 0.1) is 0 Å². The molecule has 5 heteroatoms. The van der Waals surface area contributed by atoms with Crippen LogP contribution in [-0.2, 0) is 16.1 Å². The average Bonchev–Trinajstić information content (AvgIpc) is 2.44. The number of benzene rings is 1. The van der Waals surface area contributed by atoms with Crippen LogP contribution < -0.4 is 10.6 Å². The molecule has 0 aromatic heterocycles. The van der Waals surface area contributed by atoms with E-state index in [1.165, 1.54) is 0 Å². The first kappa shape index (κ1) is 16.2. The summed E-state index contributed by atoms with van der Waals surface area (Å²) in [6, 6.07) is 8.68. The van der Waals surface area contributed by atoms with Crippen molar-refractivity contribution in [2.45, 2.75) is 45.3 Å². The molecular formula is C15H22N2O3. The smallest absolute Gasteiger partial charge is 0.321 e. The van der Waals surface area contributed by atoms with Crippen molar-refractivity contribution in [3.63, 3.8) is 0 Å². The number of carboxylic acids is 1. The number of aliphatic carboxylic acids is 1. The largest absolute Gasteiger partial charge is 0.480 e. The van der Waals surface area contributed by atoms with E-state index in [2.05, 4.69) is 10.6 Å². The normalized spacial score (nSPS) is 13.5. The molecule has 1 aromatic carbocycles. The zero-order valence-corrected chi connectivity index (χ0v) is 11.9. The van der Waals surface area contributed by atoms with Crippen molar-refractivity contribution >= 4 is 11.9 Å². The van der Waals surface area contributed by atoms with Crippen molar-refractivity contribution < 1.29 is 14.7 Å². The van der Waals surface area contributed by atoms with Crippen molar-refractivity contribution in [2.75, 3.05) is 0 Å². The molecule has 0 aliphatic rings. The number of carbonyl (C=O) groups excluding carboxylic acids is 1. The molecule has 3 N–H and O–H groups in total. The Kier molecular flexibility index (Phi) is 6.73. The Bertz CT molecular complexity index is 434. The first-order chi connectivity index (χ1) is 9.52. The molecule has 1 amide bonds. The zero-order valence-electron chi connectivity index (χ0n) is 11.9. The number of hydrogen-bond donors (Lipinski definition) is 3. The molecule has 0 radical (unpaired) electrons. The van der Waals surface area contributed by atoms with Crippen LogP contribution in [0.15, 0.2) is 30.3 Å². The Balaban J connectivity index is 2.48. The fourth-order valence-electron chi connectivity index (χ4n) is 1.70. The van der Waals surface area contributed by atoms with Crippen LogP contribution in [0.25, 0.3) is 0 Å². The molecule has 0 bridgehead atoms. The van der Waals surface area contributed by atoms with Gasteiger partial charge in [-0.1, -0.05) is 37.3 Å². The average molecular weight is 278 g/mol. The van der Waals surface area contributed by atoms with E-state index in [-0.39, 0.29) is 18.4 Å². The van der Waals surface area contributed by atoms with Gasteiger partial charge in [-0.2, -0.15) is 0 Å². The quantitative estimate of drug-likeness (QED) is 0.674. The summed E-state index contributed by atoms with van der Waals surface area (Å²) in [5, 5.41) is 14.8. The molecule has 110 valence electrons. The molecule has 2 atom stereocenters. The predicted molar refractivity (Wildman–Crippen MR) is 77.2 cm³/mol. The third-order valence-electron chi connectivity index (χ3n) is 3.10. The molecule has 20 heavy (non-hydrogen) atoms. The molecule has 0 spiro atoms. The summed E-state index contributed by atoms with van der Waals surface area (Å²) in [7, 11) is 0. The van der Waals surface area contributed by atoms with Gasteiger partial charge < -0.3 is 10.4 Å². The maximum absolute atomic E-state index is 11.7. The second kappa shape index (κ2) is 8.32. The van der Waals surface area contributed by atoms with Gasteiger partial charge in [-0.05, 0) is 18.9 Å². The van der Waals surface area contributed by atoms with E-state index >= 15 is 0 Å². The van der Waals surface area contributed by atoms with E-state index in [1.807, 2.05) is 44.2 Å². The van der Waals surface area contributed by atoms with Gasteiger partial charge in [0.15, 0.2) is 0 Å². The molecule has 0 aliphatic carbocycles. The Hall–Kier alpha value is -1.88. The van der Waals surface area contributed by atoms with Crippen LogP contribution in [-0.4, -0.2) is 29.1 Å². The Morgan fingerprint density at radius 1 is 1.25 bits per heavy atom. The summed E-state index contributed by atoms with van der Waals surface area (Å²) < 4.78 is 0. The Labute approximate surface area is 119 Å². The molecule has 0 heterocycles. The molecule has 0 fully saturated rings. The van der Waals surface area contributed by atoms with E-state index in [9.17, 15) is 9.59 Å². The first-order valence-corrected chi connectivity index (χ1v) is 6.82. The predicted octanol–water partition coefficient (Wildman–Crippen LogP) is 1.53. The van der Waals surface area contributed by atoms with E-state index in [1.54, 1.807) is 0 Å². The molecule has 0 unspecified atom stereocenters. The minimum absolute atomic E-state index is 0.0612. The van der Waals surface area contributed by atoms with Crippen molar-refractivity contribution in [1.29, 1.82) is 0 Å². The lowest BCUT2D eigenvalue weighted by molar-refractivity contribution is -0.141. The molecule has 0 saturated carbocycles. The third kappa shape index (κ3) is 5.84. The first-order valence-electron chi connectivity index (χ1n) is 6.82.